The van der Waals surface area contributed by atoms with Crippen molar-refractivity contribution >= 4 is 28.9 Å². The molecule has 0 bridgehead atoms. The maximum absolute atomic E-state index is 10.9. The van der Waals surface area contributed by atoms with Crippen LogP contribution in [0.1, 0.15) is 11.3 Å². The standard InChI is InChI=1S/C19H15N3O4/c23-22(24)14-5-3-4-13(10-14)8-9-18-19(26-12-15-11-25-15)21-17-7-2-1-6-16(17)20-18/h1-10,15H,11-12H2/b9-8+/t15-/m0/s1. The SMILES string of the molecule is O=[N+]([O-])c1cccc(/C=C/c2nc3ccccc3nc2OC[C@@H]2CO2)c1. The third-order valence-corrected chi connectivity index (χ3v) is 3.89. The van der Waals surface area contributed by atoms with E-state index < -0.39 is 4.92 Å². The van der Waals surface area contributed by atoms with Crippen LogP contribution in [0.3, 0.4) is 0 Å². The number of para-hydroxylation sites is 2. The number of hydrogen-bond donors (Lipinski definition) is 0. The molecule has 7 nitrogen and oxygen atoms in total. The lowest BCUT2D eigenvalue weighted by Gasteiger charge is -2.08. The van der Waals surface area contributed by atoms with E-state index in [1.54, 1.807) is 24.3 Å². The third-order valence-electron chi connectivity index (χ3n) is 3.89. The lowest BCUT2D eigenvalue weighted by Crippen LogP contribution is -2.07. The number of rotatable bonds is 6. The number of ether oxygens (including phenoxy) is 2. The molecule has 0 aliphatic carbocycles. The summed E-state index contributed by atoms with van der Waals surface area (Å²) in [4.78, 5) is 19.6. The maximum Gasteiger partial charge on any atom is 0.270 e. The van der Waals surface area contributed by atoms with Crippen LogP contribution in [0.15, 0.2) is 48.5 Å². The van der Waals surface area contributed by atoms with Crippen molar-refractivity contribution in [2.24, 2.45) is 0 Å². The molecule has 1 saturated heterocycles. The molecule has 0 unspecified atom stereocenters. The third kappa shape index (κ3) is 3.68. The predicted molar refractivity (Wildman–Crippen MR) is 96.8 cm³/mol. The smallest absolute Gasteiger partial charge is 0.270 e. The van der Waals surface area contributed by atoms with Crippen LogP contribution in [-0.2, 0) is 4.74 Å². The molecule has 2 aromatic carbocycles. The van der Waals surface area contributed by atoms with E-state index in [-0.39, 0.29) is 11.8 Å². The second-order valence-corrected chi connectivity index (χ2v) is 5.85. The molecule has 0 saturated carbocycles. The monoisotopic (exact) mass is 349 g/mol. The van der Waals surface area contributed by atoms with Gasteiger partial charge in [-0.1, -0.05) is 30.3 Å². The summed E-state index contributed by atoms with van der Waals surface area (Å²) in [6, 6.07) is 13.9. The Morgan fingerprint density at radius 2 is 1.92 bits per heavy atom. The van der Waals surface area contributed by atoms with Crippen LogP contribution in [-0.4, -0.2) is 34.2 Å². The van der Waals surface area contributed by atoms with Gasteiger partial charge in [0.05, 0.1) is 22.6 Å². The van der Waals surface area contributed by atoms with Crippen molar-refractivity contribution in [3.8, 4) is 5.88 Å². The second kappa shape index (κ2) is 6.89. The predicted octanol–water partition coefficient (Wildman–Crippen LogP) is 3.49. The fraction of sp³-hybridized carbons (Fsp3) is 0.158. The van der Waals surface area contributed by atoms with E-state index in [0.717, 1.165) is 11.0 Å². The van der Waals surface area contributed by atoms with Gasteiger partial charge in [-0.05, 0) is 23.8 Å². The zero-order valence-corrected chi connectivity index (χ0v) is 13.7. The molecule has 0 N–H and O–H groups in total. The van der Waals surface area contributed by atoms with Gasteiger partial charge >= 0.3 is 0 Å². The van der Waals surface area contributed by atoms with Crippen LogP contribution in [0.25, 0.3) is 23.2 Å². The highest BCUT2D eigenvalue weighted by Gasteiger charge is 2.24. The summed E-state index contributed by atoms with van der Waals surface area (Å²) in [5.41, 5.74) is 2.80. The summed E-state index contributed by atoms with van der Waals surface area (Å²) < 4.78 is 10.9. The Kier molecular flexibility index (Phi) is 4.28. The first kappa shape index (κ1) is 16.2. The van der Waals surface area contributed by atoms with Crippen LogP contribution in [0, 0.1) is 10.1 Å². The fourth-order valence-corrected chi connectivity index (χ4v) is 2.47. The number of non-ortho nitro benzene ring substituents is 1. The number of epoxide rings is 1. The van der Waals surface area contributed by atoms with Crippen molar-refractivity contribution in [2.45, 2.75) is 6.10 Å². The molecule has 26 heavy (non-hydrogen) atoms. The van der Waals surface area contributed by atoms with Crippen LogP contribution in [0.2, 0.25) is 0 Å². The molecular formula is C19H15N3O4. The van der Waals surface area contributed by atoms with Gasteiger partial charge < -0.3 is 9.47 Å². The number of aromatic nitrogens is 2. The highest BCUT2D eigenvalue weighted by molar-refractivity contribution is 5.79. The van der Waals surface area contributed by atoms with E-state index in [2.05, 4.69) is 9.97 Å². The molecule has 130 valence electrons. The van der Waals surface area contributed by atoms with Crippen LogP contribution in [0.4, 0.5) is 5.69 Å². The first-order chi connectivity index (χ1) is 12.7. The van der Waals surface area contributed by atoms with Crippen molar-refractivity contribution in [3.05, 3.63) is 69.9 Å². The summed E-state index contributed by atoms with van der Waals surface area (Å²) in [6.07, 6.45) is 3.62. The zero-order valence-electron chi connectivity index (χ0n) is 13.7. The van der Waals surface area contributed by atoms with Gasteiger partial charge in [-0.25, -0.2) is 9.97 Å². The molecule has 0 spiro atoms. The lowest BCUT2D eigenvalue weighted by molar-refractivity contribution is -0.384. The lowest BCUT2D eigenvalue weighted by atomic mass is 10.2. The summed E-state index contributed by atoms with van der Waals surface area (Å²) in [5.74, 6) is 0.417. The Hall–Kier alpha value is -3.32. The molecule has 3 aromatic rings. The molecule has 0 amide bonds. The topological polar surface area (TPSA) is 90.7 Å². The van der Waals surface area contributed by atoms with Gasteiger partial charge in [0, 0.05) is 12.1 Å². The van der Waals surface area contributed by atoms with Gasteiger partial charge in [-0.2, -0.15) is 0 Å². The number of benzene rings is 2. The minimum Gasteiger partial charge on any atom is -0.473 e. The van der Waals surface area contributed by atoms with E-state index >= 15 is 0 Å². The first-order valence-electron chi connectivity index (χ1n) is 8.13. The van der Waals surface area contributed by atoms with E-state index in [1.807, 2.05) is 24.3 Å². The first-order valence-corrected chi connectivity index (χ1v) is 8.13. The van der Waals surface area contributed by atoms with Crippen molar-refractivity contribution in [2.75, 3.05) is 13.2 Å². The highest BCUT2D eigenvalue weighted by atomic mass is 16.6. The molecule has 4 rings (SSSR count). The molecule has 0 radical (unpaired) electrons. The minimum absolute atomic E-state index is 0.0408. The molecule has 1 atom stereocenters. The molecule has 1 fully saturated rings. The Morgan fingerprint density at radius 3 is 2.65 bits per heavy atom. The van der Waals surface area contributed by atoms with Gasteiger partial charge in [0.1, 0.15) is 18.4 Å². The van der Waals surface area contributed by atoms with Crippen molar-refractivity contribution in [1.29, 1.82) is 0 Å². The molecule has 7 heteroatoms. The average Bonchev–Trinajstić information content (AvgIpc) is 3.49. The average molecular weight is 349 g/mol. The zero-order chi connectivity index (χ0) is 17.9. The van der Waals surface area contributed by atoms with E-state index in [9.17, 15) is 10.1 Å². The summed E-state index contributed by atoms with van der Waals surface area (Å²) in [6.45, 7) is 1.12. The number of fused-ring (bicyclic) bond motifs is 1. The number of hydrogen-bond acceptors (Lipinski definition) is 6. The Morgan fingerprint density at radius 1 is 1.15 bits per heavy atom. The van der Waals surface area contributed by atoms with Crippen LogP contribution >= 0.6 is 0 Å². The molecular weight excluding hydrogens is 334 g/mol. The molecule has 1 aliphatic rings. The minimum atomic E-state index is -0.419. The van der Waals surface area contributed by atoms with Crippen molar-refractivity contribution in [3.63, 3.8) is 0 Å². The maximum atomic E-state index is 10.9. The van der Waals surface area contributed by atoms with Gasteiger partial charge in [-0.15, -0.1) is 0 Å². The van der Waals surface area contributed by atoms with Crippen molar-refractivity contribution in [1.82, 2.24) is 9.97 Å². The number of nitro benzene ring substituents is 1. The second-order valence-electron chi connectivity index (χ2n) is 5.85. The Balaban J connectivity index is 1.67. The van der Waals surface area contributed by atoms with E-state index in [0.29, 0.717) is 30.4 Å². The molecule has 2 heterocycles. The quantitative estimate of drug-likeness (QED) is 0.384. The number of nitrogens with zero attached hydrogens (tertiary/aromatic N) is 3. The molecule has 1 aromatic heterocycles. The van der Waals surface area contributed by atoms with Gasteiger partial charge in [0.25, 0.3) is 5.69 Å². The van der Waals surface area contributed by atoms with Crippen LogP contribution < -0.4 is 4.74 Å². The normalized spacial score (nSPS) is 16.1. The summed E-state index contributed by atoms with van der Waals surface area (Å²) in [7, 11) is 0. The molecule has 1 aliphatic heterocycles. The van der Waals surface area contributed by atoms with E-state index in [1.165, 1.54) is 12.1 Å². The summed E-state index contributed by atoms with van der Waals surface area (Å²) in [5, 5.41) is 10.9. The Bertz CT molecular complexity index is 999. The number of nitro groups is 1. The Labute approximate surface area is 149 Å². The van der Waals surface area contributed by atoms with Gasteiger partial charge in [0.15, 0.2) is 0 Å². The van der Waals surface area contributed by atoms with E-state index in [4.69, 9.17) is 9.47 Å². The van der Waals surface area contributed by atoms with Gasteiger partial charge in [-0.3, -0.25) is 10.1 Å². The summed E-state index contributed by atoms with van der Waals surface area (Å²) >= 11 is 0. The van der Waals surface area contributed by atoms with Gasteiger partial charge in [0.2, 0.25) is 5.88 Å². The largest absolute Gasteiger partial charge is 0.473 e. The van der Waals surface area contributed by atoms with Crippen molar-refractivity contribution < 1.29 is 14.4 Å². The van der Waals surface area contributed by atoms with Crippen LogP contribution in [0.5, 0.6) is 5.88 Å². The highest BCUT2D eigenvalue weighted by Crippen LogP contribution is 2.23. The fourth-order valence-electron chi connectivity index (χ4n) is 2.47.